The third-order valence-electron chi connectivity index (χ3n) is 5.96. The summed E-state index contributed by atoms with van der Waals surface area (Å²) in [6.45, 7) is 5.68. The Morgan fingerprint density at radius 2 is 1.97 bits per heavy atom. The summed E-state index contributed by atoms with van der Waals surface area (Å²) in [4.78, 5) is 38.2. The van der Waals surface area contributed by atoms with Gasteiger partial charge in [-0.2, -0.15) is 0 Å². The number of rotatable bonds is 5. The molecule has 0 aliphatic carbocycles. The van der Waals surface area contributed by atoms with Crippen LogP contribution < -0.4 is 5.32 Å². The molecule has 2 unspecified atom stereocenters. The molecule has 0 spiro atoms. The van der Waals surface area contributed by atoms with E-state index in [1.165, 1.54) is 27.8 Å². The van der Waals surface area contributed by atoms with Gasteiger partial charge in [0.15, 0.2) is 0 Å². The molecule has 0 radical (unpaired) electrons. The molecule has 1 aromatic carbocycles. The number of hydrogen-bond acceptors (Lipinski definition) is 5. The number of β-lactam (4-membered cyclic amide) rings is 1. The van der Waals surface area contributed by atoms with E-state index < -0.39 is 28.9 Å². The van der Waals surface area contributed by atoms with E-state index in [-0.39, 0.29) is 23.3 Å². The zero-order valence-electron chi connectivity index (χ0n) is 16.8. The predicted octanol–water partition coefficient (Wildman–Crippen LogP) is 1.72. The van der Waals surface area contributed by atoms with Crippen LogP contribution in [0.4, 0.5) is 0 Å². The lowest BCUT2D eigenvalue weighted by Crippen LogP contribution is -2.71. The van der Waals surface area contributed by atoms with Crippen molar-refractivity contribution in [3.63, 3.8) is 0 Å². The van der Waals surface area contributed by atoms with Crippen molar-refractivity contribution in [3.8, 4) is 0 Å². The molecule has 3 saturated heterocycles. The van der Waals surface area contributed by atoms with Gasteiger partial charge in [-0.05, 0) is 45.6 Å². The number of ether oxygens (including phenoxy) is 1. The Labute approximate surface area is 174 Å². The number of carbonyl (C=O) groups is 3. The lowest BCUT2D eigenvalue weighted by atomic mass is 9.96. The number of hydrogen-bond donors (Lipinski definition) is 2. The Balaban J connectivity index is 1.33. The molecule has 29 heavy (non-hydrogen) atoms. The molecule has 3 heterocycles. The van der Waals surface area contributed by atoms with Crippen LogP contribution >= 0.6 is 11.8 Å². The van der Waals surface area contributed by atoms with Gasteiger partial charge >= 0.3 is 5.97 Å². The minimum absolute atomic E-state index is 0.0155. The van der Waals surface area contributed by atoms with Crippen molar-refractivity contribution in [2.24, 2.45) is 0 Å². The fraction of sp³-hybridized carbons (Fsp3) is 0.571. The van der Waals surface area contributed by atoms with Gasteiger partial charge in [-0.3, -0.25) is 9.59 Å². The highest BCUT2D eigenvalue weighted by atomic mass is 32.2. The number of nitrogens with zero attached hydrogens (tertiary/aromatic N) is 1. The summed E-state index contributed by atoms with van der Waals surface area (Å²) in [6, 6.07) is 6.72. The fourth-order valence-electron chi connectivity index (χ4n) is 4.43. The highest BCUT2D eigenvalue weighted by Crippen LogP contribution is 2.50. The number of aliphatic carboxylic acids is 1. The third kappa shape index (κ3) is 3.64. The summed E-state index contributed by atoms with van der Waals surface area (Å²) in [5.41, 5.74) is 2.38. The van der Waals surface area contributed by atoms with Gasteiger partial charge in [-0.15, -0.1) is 11.8 Å². The minimum atomic E-state index is -1.01. The standard InChI is InChI=1S/C21H26N2O5S/c1-11-4-6-12(7-5-11)10-13-8-9-14(28-13)17(24)22-15-18(25)23-16(20(26)27)21(2,3)29-19(15)23/h4-7,13-16,19H,8-10H2,1-3H3,(H,22,24)(H,26,27)/t13?,14?,15-,16+,19-/m1/s1. The number of carboxylic acid groups (broad SMARTS) is 1. The zero-order valence-corrected chi connectivity index (χ0v) is 17.6. The van der Waals surface area contributed by atoms with E-state index in [1.807, 2.05) is 20.8 Å². The van der Waals surface area contributed by atoms with Gasteiger partial charge in [0.25, 0.3) is 0 Å². The van der Waals surface area contributed by atoms with Gasteiger partial charge in [0.05, 0.1) is 6.10 Å². The quantitative estimate of drug-likeness (QED) is 0.707. The molecular weight excluding hydrogens is 392 g/mol. The number of carbonyl (C=O) groups excluding carboxylic acids is 2. The molecule has 7 nitrogen and oxygen atoms in total. The fourth-order valence-corrected chi connectivity index (χ4v) is 6.05. The second-order valence-electron chi connectivity index (χ2n) is 8.60. The van der Waals surface area contributed by atoms with Crippen LogP contribution in [0.2, 0.25) is 0 Å². The number of thioether (sulfide) groups is 1. The van der Waals surface area contributed by atoms with Gasteiger partial charge in [-0.25, -0.2) is 4.79 Å². The van der Waals surface area contributed by atoms with Crippen molar-refractivity contribution in [1.29, 1.82) is 0 Å². The molecule has 2 amide bonds. The maximum Gasteiger partial charge on any atom is 0.327 e. The third-order valence-corrected chi connectivity index (χ3v) is 7.53. The molecule has 0 saturated carbocycles. The van der Waals surface area contributed by atoms with Gasteiger partial charge in [-0.1, -0.05) is 29.8 Å². The van der Waals surface area contributed by atoms with Crippen LogP contribution in [0, 0.1) is 6.92 Å². The van der Waals surface area contributed by atoms with Crippen LogP contribution in [0.5, 0.6) is 0 Å². The number of amides is 2. The molecule has 4 rings (SSSR count). The van der Waals surface area contributed by atoms with Crippen molar-refractivity contribution in [3.05, 3.63) is 35.4 Å². The first-order chi connectivity index (χ1) is 13.7. The van der Waals surface area contributed by atoms with Gasteiger partial charge in [0.1, 0.15) is 23.6 Å². The largest absolute Gasteiger partial charge is 0.480 e. The topological polar surface area (TPSA) is 95.9 Å². The molecular formula is C21H26N2O5S. The maximum atomic E-state index is 12.7. The maximum absolute atomic E-state index is 12.7. The van der Waals surface area contributed by atoms with Gasteiger partial charge in [0.2, 0.25) is 11.8 Å². The lowest BCUT2D eigenvalue weighted by Gasteiger charge is -2.43. The Kier molecular flexibility index (Phi) is 5.11. The van der Waals surface area contributed by atoms with Crippen molar-refractivity contribution >= 4 is 29.5 Å². The number of fused-ring (bicyclic) bond motifs is 1. The molecule has 2 N–H and O–H groups in total. The monoisotopic (exact) mass is 418 g/mol. The summed E-state index contributed by atoms with van der Waals surface area (Å²) in [5.74, 6) is -1.63. The molecule has 5 atom stereocenters. The molecule has 3 fully saturated rings. The molecule has 0 bridgehead atoms. The highest BCUT2D eigenvalue weighted by Gasteiger charge is 2.64. The Bertz CT molecular complexity index is 840. The number of benzene rings is 1. The van der Waals surface area contributed by atoms with E-state index in [2.05, 4.69) is 29.6 Å². The van der Waals surface area contributed by atoms with Gasteiger partial charge in [0, 0.05) is 4.75 Å². The Hall–Kier alpha value is -2.06. The normalized spacial score (nSPS) is 32.6. The van der Waals surface area contributed by atoms with E-state index in [1.54, 1.807) is 0 Å². The highest BCUT2D eigenvalue weighted by molar-refractivity contribution is 8.01. The number of aryl methyl sites for hydroxylation is 1. The first-order valence-corrected chi connectivity index (χ1v) is 10.8. The Morgan fingerprint density at radius 1 is 1.28 bits per heavy atom. The van der Waals surface area contributed by atoms with E-state index in [0.29, 0.717) is 6.42 Å². The van der Waals surface area contributed by atoms with E-state index >= 15 is 0 Å². The Morgan fingerprint density at radius 3 is 2.62 bits per heavy atom. The summed E-state index contributed by atoms with van der Waals surface area (Å²) in [7, 11) is 0. The summed E-state index contributed by atoms with van der Waals surface area (Å²) in [5, 5.41) is 11.9. The first kappa shape index (κ1) is 20.2. The lowest BCUT2D eigenvalue weighted by molar-refractivity contribution is -0.161. The van der Waals surface area contributed by atoms with Crippen molar-refractivity contribution in [2.75, 3.05) is 0 Å². The predicted molar refractivity (Wildman–Crippen MR) is 108 cm³/mol. The average Bonchev–Trinajstić information content (AvgIpc) is 3.22. The number of nitrogens with one attached hydrogen (secondary N) is 1. The number of carboxylic acids is 1. The molecule has 3 aliphatic heterocycles. The average molecular weight is 419 g/mol. The van der Waals surface area contributed by atoms with Crippen LogP contribution in [0.15, 0.2) is 24.3 Å². The van der Waals surface area contributed by atoms with E-state index in [4.69, 9.17) is 4.74 Å². The molecule has 156 valence electrons. The van der Waals surface area contributed by atoms with Gasteiger partial charge < -0.3 is 20.1 Å². The summed E-state index contributed by atoms with van der Waals surface area (Å²) in [6.07, 6.45) is 1.59. The second-order valence-corrected chi connectivity index (χ2v) is 10.4. The molecule has 1 aromatic rings. The van der Waals surface area contributed by atoms with Crippen molar-refractivity contribution < 1.29 is 24.2 Å². The van der Waals surface area contributed by atoms with Crippen molar-refractivity contribution in [2.45, 2.75) is 74.4 Å². The summed E-state index contributed by atoms with van der Waals surface area (Å²) >= 11 is 1.42. The zero-order chi connectivity index (χ0) is 20.9. The van der Waals surface area contributed by atoms with Crippen LogP contribution in [-0.2, 0) is 25.5 Å². The van der Waals surface area contributed by atoms with E-state index in [0.717, 1.165) is 12.8 Å². The minimum Gasteiger partial charge on any atom is -0.480 e. The first-order valence-electron chi connectivity index (χ1n) is 9.91. The SMILES string of the molecule is Cc1ccc(CC2CCC(C(=O)N[C@@H]3C(=O)N4[C@@H]3SC(C)(C)[C@@H]4C(=O)O)O2)cc1. The van der Waals surface area contributed by atoms with Crippen LogP contribution in [0.25, 0.3) is 0 Å². The second kappa shape index (κ2) is 7.32. The van der Waals surface area contributed by atoms with E-state index in [9.17, 15) is 19.5 Å². The molecule has 0 aromatic heterocycles. The summed E-state index contributed by atoms with van der Waals surface area (Å²) < 4.78 is 5.33. The van der Waals surface area contributed by atoms with Crippen LogP contribution in [-0.4, -0.2) is 62.2 Å². The van der Waals surface area contributed by atoms with Crippen molar-refractivity contribution in [1.82, 2.24) is 10.2 Å². The molecule has 3 aliphatic rings. The molecule has 8 heteroatoms. The van der Waals surface area contributed by atoms with Crippen LogP contribution in [0.3, 0.4) is 0 Å². The van der Waals surface area contributed by atoms with Crippen LogP contribution in [0.1, 0.15) is 37.8 Å². The smallest absolute Gasteiger partial charge is 0.327 e.